The number of fused-ring (bicyclic) bond motifs is 1. The third-order valence-electron chi connectivity index (χ3n) is 4.85. The Kier molecular flexibility index (Phi) is 7.81. The maximum absolute atomic E-state index is 12.6. The van der Waals surface area contributed by atoms with Gasteiger partial charge in [0.05, 0.1) is 25.4 Å². The van der Waals surface area contributed by atoms with Crippen LogP contribution in [-0.4, -0.2) is 37.1 Å². The Morgan fingerprint density at radius 3 is 2.21 bits per heavy atom. The van der Waals surface area contributed by atoms with E-state index in [2.05, 4.69) is 20.6 Å². The van der Waals surface area contributed by atoms with Crippen molar-refractivity contribution in [1.82, 2.24) is 9.97 Å². The number of methoxy groups -OCH3 is 2. The molecule has 0 aliphatic heterocycles. The minimum absolute atomic E-state index is 0.174. The zero-order valence-electron chi connectivity index (χ0n) is 19.5. The summed E-state index contributed by atoms with van der Waals surface area (Å²) >= 11 is 0. The maximum Gasteiger partial charge on any atom is 0.255 e. The van der Waals surface area contributed by atoms with E-state index in [1.807, 2.05) is 68.4 Å². The van der Waals surface area contributed by atoms with Gasteiger partial charge in [-0.2, -0.15) is 0 Å². The number of hydrogen-bond donors (Lipinski definition) is 2. The van der Waals surface area contributed by atoms with E-state index in [9.17, 15) is 4.79 Å². The molecule has 0 spiro atoms. The highest BCUT2D eigenvalue weighted by atomic mass is 16.5. The molecule has 3 aromatic carbocycles. The summed E-state index contributed by atoms with van der Waals surface area (Å²) in [6.45, 7) is 4.00. The normalized spacial score (nSPS) is 10.1. The van der Waals surface area contributed by atoms with Gasteiger partial charge in [0.25, 0.3) is 5.91 Å². The average molecular weight is 445 g/mol. The van der Waals surface area contributed by atoms with Gasteiger partial charge in [-0.15, -0.1) is 0 Å². The number of anilines is 2. The lowest BCUT2D eigenvalue weighted by molar-refractivity contribution is 0.102. The molecule has 2 N–H and O–H groups in total. The molecule has 0 unspecified atom stereocenters. The largest absolute Gasteiger partial charge is 0.493 e. The van der Waals surface area contributed by atoms with Crippen molar-refractivity contribution in [2.45, 2.75) is 13.8 Å². The highest BCUT2D eigenvalue weighted by molar-refractivity contribution is 6.04. The van der Waals surface area contributed by atoms with Crippen LogP contribution in [-0.2, 0) is 0 Å². The first-order valence-electron chi connectivity index (χ1n) is 10.7. The summed E-state index contributed by atoms with van der Waals surface area (Å²) in [5, 5.41) is 6.75. The SMILES string of the molecule is CC.CNc1nc(-c2cccc(NC(=O)c3ccccc3)c2)c2cc(OC)c(OC)cc2n1. The molecule has 0 aliphatic carbocycles. The number of nitrogens with zero attached hydrogens (tertiary/aromatic N) is 2. The van der Waals surface area contributed by atoms with Crippen molar-refractivity contribution < 1.29 is 14.3 Å². The molecule has 0 atom stereocenters. The summed E-state index contributed by atoms with van der Waals surface area (Å²) in [6, 6.07) is 20.3. The predicted octanol–water partition coefficient (Wildman–Crippen LogP) is 5.63. The Hall–Kier alpha value is -4.13. The van der Waals surface area contributed by atoms with Crippen LogP contribution in [0.5, 0.6) is 11.5 Å². The first-order valence-corrected chi connectivity index (χ1v) is 10.7. The van der Waals surface area contributed by atoms with E-state index in [1.165, 1.54) is 0 Å². The summed E-state index contributed by atoms with van der Waals surface area (Å²) in [4.78, 5) is 21.8. The lowest BCUT2D eigenvalue weighted by Crippen LogP contribution is -2.11. The molecule has 7 heteroatoms. The minimum atomic E-state index is -0.174. The number of rotatable bonds is 6. The van der Waals surface area contributed by atoms with Crippen molar-refractivity contribution in [2.24, 2.45) is 0 Å². The number of nitrogens with one attached hydrogen (secondary N) is 2. The lowest BCUT2D eigenvalue weighted by atomic mass is 10.0. The van der Waals surface area contributed by atoms with Crippen LogP contribution in [0.15, 0.2) is 66.7 Å². The van der Waals surface area contributed by atoms with Crippen LogP contribution in [0.4, 0.5) is 11.6 Å². The molecule has 1 amide bonds. The molecule has 0 saturated carbocycles. The number of carbonyl (C=O) groups excluding carboxylic acids is 1. The molecule has 0 fully saturated rings. The third-order valence-corrected chi connectivity index (χ3v) is 4.85. The van der Waals surface area contributed by atoms with Crippen LogP contribution >= 0.6 is 0 Å². The fraction of sp³-hybridized carbons (Fsp3) is 0.192. The van der Waals surface area contributed by atoms with Crippen LogP contribution in [0.3, 0.4) is 0 Å². The molecule has 0 radical (unpaired) electrons. The van der Waals surface area contributed by atoms with E-state index < -0.39 is 0 Å². The first-order chi connectivity index (χ1) is 16.1. The van der Waals surface area contributed by atoms with E-state index in [0.717, 1.165) is 10.9 Å². The smallest absolute Gasteiger partial charge is 0.255 e. The highest BCUT2D eigenvalue weighted by Gasteiger charge is 2.15. The van der Waals surface area contributed by atoms with Crippen LogP contribution in [0.25, 0.3) is 22.2 Å². The second-order valence-corrected chi connectivity index (χ2v) is 6.77. The van der Waals surface area contributed by atoms with E-state index >= 15 is 0 Å². The van der Waals surface area contributed by atoms with Gasteiger partial charge in [-0.25, -0.2) is 9.97 Å². The topological polar surface area (TPSA) is 85.4 Å². The fourth-order valence-electron chi connectivity index (χ4n) is 3.32. The van der Waals surface area contributed by atoms with Crippen molar-refractivity contribution in [1.29, 1.82) is 0 Å². The van der Waals surface area contributed by atoms with Gasteiger partial charge in [-0.1, -0.05) is 44.2 Å². The second kappa shape index (κ2) is 10.9. The van der Waals surface area contributed by atoms with Gasteiger partial charge >= 0.3 is 0 Å². The Morgan fingerprint density at radius 1 is 0.848 bits per heavy atom. The predicted molar refractivity (Wildman–Crippen MR) is 133 cm³/mol. The van der Waals surface area contributed by atoms with Crippen LogP contribution in [0.2, 0.25) is 0 Å². The number of aromatic nitrogens is 2. The summed E-state index contributed by atoms with van der Waals surface area (Å²) in [5.41, 5.74) is 3.53. The lowest BCUT2D eigenvalue weighted by Gasteiger charge is -2.13. The molecule has 0 saturated heterocycles. The summed E-state index contributed by atoms with van der Waals surface area (Å²) in [5.74, 6) is 1.48. The molecule has 1 heterocycles. The molecule has 0 bridgehead atoms. The van der Waals surface area contributed by atoms with Gasteiger partial charge in [0, 0.05) is 35.3 Å². The quantitative estimate of drug-likeness (QED) is 0.401. The Morgan fingerprint density at radius 2 is 1.55 bits per heavy atom. The van der Waals surface area contributed by atoms with Crippen molar-refractivity contribution in [3.63, 3.8) is 0 Å². The van der Waals surface area contributed by atoms with Gasteiger partial charge in [-0.05, 0) is 30.3 Å². The number of amides is 1. The molecular formula is C26H28N4O3. The minimum Gasteiger partial charge on any atom is -0.493 e. The first kappa shape index (κ1) is 23.5. The van der Waals surface area contributed by atoms with Gasteiger partial charge in [0.1, 0.15) is 0 Å². The van der Waals surface area contributed by atoms with Crippen molar-refractivity contribution >= 4 is 28.4 Å². The fourth-order valence-corrected chi connectivity index (χ4v) is 3.32. The van der Waals surface area contributed by atoms with Gasteiger partial charge in [-0.3, -0.25) is 4.79 Å². The Bertz CT molecular complexity index is 1240. The summed E-state index contributed by atoms with van der Waals surface area (Å²) < 4.78 is 10.9. The molecule has 0 aliphatic rings. The zero-order valence-corrected chi connectivity index (χ0v) is 19.5. The van der Waals surface area contributed by atoms with Crippen molar-refractivity contribution in [3.8, 4) is 22.8 Å². The Labute approximate surface area is 193 Å². The molecule has 4 aromatic rings. The van der Waals surface area contributed by atoms with Gasteiger partial charge in [0.2, 0.25) is 5.95 Å². The van der Waals surface area contributed by atoms with E-state index in [4.69, 9.17) is 9.47 Å². The summed E-state index contributed by atoms with van der Waals surface area (Å²) in [7, 11) is 4.94. The maximum atomic E-state index is 12.6. The standard InChI is InChI=1S/C24H22N4O3.C2H6/c1-25-24-27-19-14-21(31-3)20(30-2)13-18(19)22(28-24)16-10-7-11-17(12-16)26-23(29)15-8-5-4-6-9-15;1-2/h4-14H,1-3H3,(H,26,29)(H,25,27,28);1-2H3. The second-order valence-electron chi connectivity index (χ2n) is 6.77. The molecular weight excluding hydrogens is 416 g/mol. The van der Waals surface area contributed by atoms with E-state index in [1.54, 1.807) is 33.4 Å². The number of hydrogen-bond acceptors (Lipinski definition) is 6. The highest BCUT2D eigenvalue weighted by Crippen LogP contribution is 2.36. The molecule has 1 aromatic heterocycles. The third kappa shape index (κ3) is 5.20. The van der Waals surface area contributed by atoms with E-state index in [-0.39, 0.29) is 5.91 Å². The van der Waals surface area contributed by atoms with Crippen LogP contribution < -0.4 is 20.1 Å². The van der Waals surface area contributed by atoms with Gasteiger partial charge in [0.15, 0.2) is 11.5 Å². The van der Waals surface area contributed by atoms with E-state index in [0.29, 0.717) is 39.9 Å². The molecule has 33 heavy (non-hydrogen) atoms. The molecule has 7 nitrogen and oxygen atoms in total. The molecule has 4 rings (SSSR count). The van der Waals surface area contributed by atoms with Crippen LogP contribution in [0.1, 0.15) is 24.2 Å². The van der Waals surface area contributed by atoms with Gasteiger partial charge < -0.3 is 20.1 Å². The molecule has 170 valence electrons. The van der Waals surface area contributed by atoms with Crippen molar-refractivity contribution in [2.75, 3.05) is 31.9 Å². The number of benzene rings is 3. The zero-order chi connectivity index (χ0) is 23.8. The number of ether oxygens (including phenoxy) is 2. The monoisotopic (exact) mass is 444 g/mol. The van der Waals surface area contributed by atoms with Crippen LogP contribution in [0, 0.1) is 0 Å². The Balaban J connectivity index is 0.00000149. The average Bonchev–Trinajstić information content (AvgIpc) is 2.88. The number of carbonyl (C=O) groups is 1. The summed E-state index contributed by atoms with van der Waals surface area (Å²) in [6.07, 6.45) is 0. The van der Waals surface area contributed by atoms with Crippen molar-refractivity contribution in [3.05, 3.63) is 72.3 Å².